The van der Waals surface area contributed by atoms with Crippen LogP contribution in [0.5, 0.6) is 0 Å². The number of aryl methyl sites for hydroxylation is 4. The Labute approximate surface area is 290 Å². The van der Waals surface area contributed by atoms with E-state index in [0.717, 1.165) is 32.8 Å². The van der Waals surface area contributed by atoms with Crippen LogP contribution in [0.15, 0.2) is 66.7 Å². The molecule has 3 rings (SSSR count). The number of rotatable bonds is 11. The lowest BCUT2D eigenvalue weighted by molar-refractivity contribution is -0.155. The molecule has 3 amide bonds. The number of nitrogens with one attached hydrogen (secondary N) is 1. The van der Waals surface area contributed by atoms with Gasteiger partial charge in [-0.3, -0.25) is 14.6 Å². The van der Waals surface area contributed by atoms with Crippen LogP contribution in [0.25, 0.3) is 0 Å². The van der Waals surface area contributed by atoms with Crippen molar-refractivity contribution in [3.8, 4) is 0 Å². The molecule has 11 nitrogen and oxygen atoms in total. The highest BCUT2D eigenvalue weighted by Crippen LogP contribution is 2.21. The minimum Gasteiger partial charge on any atom is -0.464 e. The maximum atomic E-state index is 13.3. The molecule has 0 heterocycles. The zero-order valence-corrected chi connectivity index (χ0v) is 30.5. The molecular formula is C38H52N4O7. The Hall–Kier alpha value is -4.74. The van der Waals surface area contributed by atoms with E-state index in [9.17, 15) is 19.2 Å². The summed E-state index contributed by atoms with van der Waals surface area (Å²) < 4.78 is 15.7. The number of ether oxygens (including phenoxy) is 3. The molecule has 0 unspecified atom stereocenters. The van der Waals surface area contributed by atoms with E-state index in [1.807, 2.05) is 103 Å². The maximum absolute atomic E-state index is 13.3. The molecule has 3 aromatic carbocycles. The second-order valence-corrected chi connectivity index (χ2v) is 13.0. The van der Waals surface area contributed by atoms with Gasteiger partial charge in [0.1, 0.15) is 6.61 Å². The van der Waals surface area contributed by atoms with Gasteiger partial charge in [-0.15, -0.1) is 0 Å². The van der Waals surface area contributed by atoms with Crippen molar-refractivity contribution < 1.29 is 33.4 Å². The first-order valence-corrected chi connectivity index (χ1v) is 16.3. The highest BCUT2D eigenvalue weighted by molar-refractivity contribution is 5.99. The number of hydrogen-bond donors (Lipinski definition) is 2. The molecule has 0 saturated carbocycles. The summed E-state index contributed by atoms with van der Waals surface area (Å²) in [4.78, 5) is 50.6. The van der Waals surface area contributed by atoms with E-state index in [0.29, 0.717) is 24.3 Å². The standard InChI is InChI=1S/C23H28N2O5.C15H24N2O2/c1-6-29-21(27)23(4,5)25(20(26)19-13-16(2)12-17(3)14-19)24-22(28)30-15-18-10-8-7-9-11-18;1-6-19-10-15(4,5)17(16)14(18)13-8-11(2)7-12(3)9-13/h7-14H,6,15H2,1-5H3,(H,24,28);7-9H,6,10,16H2,1-5H3. The van der Waals surface area contributed by atoms with Crippen molar-refractivity contribution in [2.24, 2.45) is 5.84 Å². The summed E-state index contributed by atoms with van der Waals surface area (Å²) in [5.74, 6) is 4.60. The quantitative estimate of drug-likeness (QED) is 0.103. The Morgan fingerprint density at radius 3 is 1.67 bits per heavy atom. The average Bonchev–Trinajstić information content (AvgIpc) is 3.04. The van der Waals surface area contributed by atoms with Crippen LogP contribution in [-0.4, -0.2) is 64.8 Å². The Morgan fingerprint density at radius 2 is 1.20 bits per heavy atom. The predicted octanol–water partition coefficient (Wildman–Crippen LogP) is 6.36. The molecule has 0 aliphatic heterocycles. The summed E-state index contributed by atoms with van der Waals surface area (Å²) in [6.07, 6.45) is -0.853. The van der Waals surface area contributed by atoms with Crippen molar-refractivity contribution in [1.29, 1.82) is 0 Å². The van der Waals surface area contributed by atoms with Crippen molar-refractivity contribution in [3.63, 3.8) is 0 Å². The van der Waals surface area contributed by atoms with E-state index >= 15 is 0 Å². The molecule has 3 aromatic rings. The van der Waals surface area contributed by atoms with Crippen LogP contribution in [0.3, 0.4) is 0 Å². The van der Waals surface area contributed by atoms with Gasteiger partial charge < -0.3 is 14.2 Å². The lowest BCUT2D eigenvalue weighted by Crippen LogP contribution is -2.61. The molecule has 11 heteroatoms. The van der Waals surface area contributed by atoms with Crippen LogP contribution in [-0.2, 0) is 25.6 Å². The van der Waals surface area contributed by atoms with Gasteiger partial charge >= 0.3 is 12.1 Å². The van der Waals surface area contributed by atoms with Crippen molar-refractivity contribution in [1.82, 2.24) is 15.4 Å². The molecule has 0 aromatic heterocycles. The van der Waals surface area contributed by atoms with E-state index in [4.69, 9.17) is 20.1 Å². The zero-order chi connectivity index (χ0) is 36.9. The Morgan fingerprint density at radius 1 is 0.714 bits per heavy atom. The third kappa shape index (κ3) is 12.0. The van der Waals surface area contributed by atoms with E-state index in [-0.39, 0.29) is 19.1 Å². The number of hydrogen-bond acceptors (Lipinski definition) is 8. The fourth-order valence-electron chi connectivity index (χ4n) is 4.85. The molecule has 0 saturated heterocycles. The number of hydrazine groups is 2. The van der Waals surface area contributed by atoms with Gasteiger partial charge in [0, 0.05) is 17.7 Å². The molecule has 266 valence electrons. The number of benzene rings is 3. The van der Waals surface area contributed by atoms with Crippen molar-refractivity contribution >= 4 is 23.9 Å². The van der Waals surface area contributed by atoms with E-state index in [1.54, 1.807) is 19.1 Å². The lowest BCUT2D eigenvalue weighted by atomic mass is 10.0. The minimum absolute atomic E-state index is 0.0259. The average molecular weight is 677 g/mol. The van der Waals surface area contributed by atoms with Crippen LogP contribution >= 0.6 is 0 Å². The fraction of sp³-hybridized carbons (Fsp3) is 0.421. The Balaban J connectivity index is 0.000000377. The molecule has 0 bridgehead atoms. The summed E-state index contributed by atoms with van der Waals surface area (Å²) in [5, 5.41) is 2.23. The normalized spacial score (nSPS) is 11.1. The molecule has 0 aliphatic carbocycles. The van der Waals surface area contributed by atoms with E-state index in [1.165, 1.54) is 18.9 Å². The van der Waals surface area contributed by atoms with Crippen LogP contribution < -0.4 is 11.3 Å². The first kappa shape index (κ1) is 40.4. The van der Waals surface area contributed by atoms with Crippen molar-refractivity contribution in [3.05, 3.63) is 106 Å². The smallest absolute Gasteiger partial charge is 0.426 e. The number of carbonyl (C=O) groups is 4. The van der Waals surface area contributed by atoms with Gasteiger partial charge in [-0.1, -0.05) is 64.7 Å². The van der Waals surface area contributed by atoms with Gasteiger partial charge in [0.05, 0.1) is 18.8 Å². The molecule has 0 fully saturated rings. The largest absolute Gasteiger partial charge is 0.464 e. The first-order valence-electron chi connectivity index (χ1n) is 16.3. The number of amides is 3. The molecular weight excluding hydrogens is 624 g/mol. The maximum Gasteiger partial charge on any atom is 0.426 e. The molecule has 0 spiro atoms. The zero-order valence-electron chi connectivity index (χ0n) is 30.5. The van der Waals surface area contributed by atoms with Crippen molar-refractivity contribution in [2.45, 2.75) is 86.9 Å². The molecule has 0 atom stereocenters. The second-order valence-electron chi connectivity index (χ2n) is 13.0. The Bertz CT molecular complexity index is 1550. The number of carbonyl (C=O) groups excluding carboxylic acids is 4. The van der Waals surface area contributed by atoms with Crippen LogP contribution in [0.1, 0.15) is 90.1 Å². The van der Waals surface area contributed by atoms with E-state index in [2.05, 4.69) is 5.43 Å². The van der Waals surface area contributed by atoms with Crippen LogP contribution in [0.4, 0.5) is 4.79 Å². The number of nitrogens with zero attached hydrogens (tertiary/aromatic N) is 2. The molecule has 0 aliphatic rings. The molecule has 0 radical (unpaired) electrons. The Kier molecular flexibility index (Phi) is 15.0. The highest BCUT2D eigenvalue weighted by Gasteiger charge is 2.41. The summed E-state index contributed by atoms with van der Waals surface area (Å²) in [5.41, 5.74) is 6.06. The molecule has 49 heavy (non-hydrogen) atoms. The third-order valence-electron chi connectivity index (χ3n) is 7.42. The van der Waals surface area contributed by atoms with Crippen LogP contribution in [0.2, 0.25) is 0 Å². The van der Waals surface area contributed by atoms with Gasteiger partial charge in [-0.25, -0.2) is 25.9 Å². The topological polar surface area (TPSA) is 140 Å². The monoisotopic (exact) mass is 676 g/mol. The van der Waals surface area contributed by atoms with Gasteiger partial charge in [-0.05, 0) is 99.1 Å². The highest BCUT2D eigenvalue weighted by atomic mass is 16.6. The third-order valence-corrected chi connectivity index (χ3v) is 7.42. The summed E-state index contributed by atoms with van der Waals surface area (Å²) >= 11 is 0. The van der Waals surface area contributed by atoms with Crippen LogP contribution in [0, 0.1) is 27.7 Å². The summed E-state index contributed by atoms with van der Waals surface area (Å²) in [7, 11) is 0. The van der Waals surface area contributed by atoms with Gasteiger partial charge in [0.2, 0.25) is 0 Å². The second kappa shape index (κ2) is 18.1. The van der Waals surface area contributed by atoms with Gasteiger partial charge in [-0.2, -0.15) is 0 Å². The predicted molar refractivity (Wildman–Crippen MR) is 189 cm³/mol. The minimum atomic E-state index is -1.46. The lowest BCUT2D eigenvalue weighted by Gasteiger charge is -2.35. The summed E-state index contributed by atoms with van der Waals surface area (Å²) in [6, 6.07) is 20.2. The number of esters is 1. The van der Waals surface area contributed by atoms with Crippen molar-refractivity contribution in [2.75, 3.05) is 19.8 Å². The fourth-order valence-corrected chi connectivity index (χ4v) is 4.85. The van der Waals surface area contributed by atoms with Gasteiger partial charge in [0.25, 0.3) is 11.8 Å². The number of nitrogens with two attached hydrogens (primary N) is 1. The van der Waals surface area contributed by atoms with Gasteiger partial charge in [0.15, 0.2) is 5.54 Å². The molecule has 3 N–H and O–H groups in total. The van der Waals surface area contributed by atoms with E-state index < -0.39 is 29.0 Å². The SMILES string of the molecule is CCOC(=O)C(C)(C)N(NC(=O)OCc1ccccc1)C(=O)c1cc(C)cc(C)c1.CCOCC(C)(C)N(N)C(=O)c1cc(C)cc(C)c1. The summed E-state index contributed by atoms with van der Waals surface area (Å²) in [6.45, 7) is 19.2. The first-order chi connectivity index (χ1) is 22.9.